The van der Waals surface area contributed by atoms with Crippen LogP contribution >= 0.6 is 0 Å². The standard InChI is InChI=1S/C22H23F3N4O2/c1-12(2)19-9-20(30)29(22(26)28-19)11-14-3-15(7-16(23)6-14)21(31)27-10-13-4-17(24)8-18(25)5-13/h3-8,12,19H,9-11H2,1-2H3,(H2,26,28)(H,27,31). The van der Waals surface area contributed by atoms with E-state index in [-0.39, 0.29) is 54.5 Å². The Morgan fingerprint density at radius 3 is 2.32 bits per heavy atom. The van der Waals surface area contributed by atoms with Gasteiger partial charge in [-0.25, -0.2) is 18.2 Å². The van der Waals surface area contributed by atoms with Crippen molar-refractivity contribution < 1.29 is 22.8 Å². The van der Waals surface area contributed by atoms with E-state index in [1.807, 2.05) is 13.8 Å². The Labute approximate surface area is 177 Å². The third kappa shape index (κ3) is 5.62. The summed E-state index contributed by atoms with van der Waals surface area (Å²) >= 11 is 0. The Bertz CT molecular complexity index is 1020. The van der Waals surface area contributed by atoms with Gasteiger partial charge in [-0.05, 0) is 47.4 Å². The summed E-state index contributed by atoms with van der Waals surface area (Å²) < 4.78 is 40.7. The number of amides is 2. The summed E-state index contributed by atoms with van der Waals surface area (Å²) in [5.41, 5.74) is 6.53. The highest BCUT2D eigenvalue weighted by Crippen LogP contribution is 2.20. The molecule has 2 amide bonds. The van der Waals surface area contributed by atoms with Crippen molar-refractivity contribution in [2.24, 2.45) is 16.6 Å². The molecule has 164 valence electrons. The van der Waals surface area contributed by atoms with Crippen LogP contribution in [0.1, 0.15) is 41.8 Å². The number of hydrogen-bond donors (Lipinski definition) is 2. The molecule has 0 fully saturated rings. The normalized spacial score (nSPS) is 16.5. The summed E-state index contributed by atoms with van der Waals surface area (Å²) in [5.74, 6) is -2.84. The van der Waals surface area contributed by atoms with Crippen LogP contribution in [0.2, 0.25) is 0 Å². The predicted molar refractivity (Wildman–Crippen MR) is 109 cm³/mol. The van der Waals surface area contributed by atoms with E-state index in [4.69, 9.17) is 5.73 Å². The summed E-state index contributed by atoms with van der Waals surface area (Å²) in [5, 5.41) is 2.50. The van der Waals surface area contributed by atoms with Crippen molar-refractivity contribution in [3.05, 3.63) is 70.5 Å². The van der Waals surface area contributed by atoms with Gasteiger partial charge in [0.2, 0.25) is 5.91 Å². The molecular formula is C22H23F3N4O2. The number of aliphatic imine (C=N–C) groups is 1. The summed E-state index contributed by atoms with van der Waals surface area (Å²) in [7, 11) is 0. The molecule has 1 heterocycles. The molecule has 0 saturated carbocycles. The van der Waals surface area contributed by atoms with Crippen LogP contribution in [0.5, 0.6) is 0 Å². The van der Waals surface area contributed by atoms with Crippen LogP contribution in [0.4, 0.5) is 13.2 Å². The predicted octanol–water partition coefficient (Wildman–Crippen LogP) is 3.11. The molecule has 0 spiro atoms. The van der Waals surface area contributed by atoms with Crippen LogP contribution in [0.25, 0.3) is 0 Å². The third-order valence-electron chi connectivity index (χ3n) is 4.96. The second kappa shape index (κ2) is 9.20. The molecule has 0 radical (unpaired) electrons. The average Bonchev–Trinajstić information content (AvgIpc) is 2.67. The van der Waals surface area contributed by atoms with Gasteiger partial charge in [-0.1, -0.05) is 13.8 Å². The number of guanidine groups is 1. The maximum Gasteiger partial charge on any atom is 0.251 e. The zero-order chi connectivity index (χ0) is 22.7. The molecule has 2 aromatic rings. The summed E-state index contributed by atoms with van der Waals surface area (Å²) in [6.45, 7) is 3.71. The number of nitrogens with one attached hydrogen (secondary N) is 1. The van der Waals surface area contributed by atoms with Gasteiger partial charge in [0.05, 0.1) is 19.0 Å². The molecule has 31 heavy (non-hydrogen) atoms. The van der Waals surface area contributed by atoms with E-state index in [9.17, 15) is 22.8 Å². The first-order chi connectivity index (χ1) is 14.6. The minimum Gasteiger partial charge on any atom is -0.369 e. The molecule has 1 aliphatic heterocycles. The van der Waals surface area contributed by atoms with Crippen LogP contribution in [0.3, 0.4) is 0 Å². The average molecular weight is 432 g/mol. The van der Waals surface area contributed by atoms with Crippen molar-refractivity contribution in [3.63, 3.8) is 0 Å². The van der Waals surface area contributed by atoms with Crippen molar-refractivity contribution in [1.29, 1.82) is 0 Å². The minimum atomic E-state index is -0.762. The van der Waals surface area contributed by atoms with Crippen molar-refractivity contribution >= 4 is 17.8 Å². The van der Waals surface area contributed by atoms with E-state index in [1.54, 1.807) is 0 Å². The largest absolute Gasteiger partial charge is 0.369 e. The monoisotopic (exact) mass is 432 g/mol. The molecular weight excluding hydrogens is 409 g/mol. The van der Waals surface area contributed by atoms with Gasteiger partial charge in [-0.2, -0.15) is 0 Å². The van der Waals surface area contributed by atoms with Crippen LogP contribution < -0.4 is 11.1 Å². The third-order valence-corrected chi connectivity index (χ3v) is 4.96. The SMILES string of the molecule is CC(C)C1CC(=O)N(Cc2cc(F)cc(C(=O)NCc3cc(F)cc(F)c3)c2)C(N)=N1. The van der Waals surface area contributed by atoms with Crippen molar-refractivity contribution in [3.8, 4) is 0 Å². The summed E-state index contributed by atoms with van der Waals surface area (Å²) in [6.07, 6.45) is 0.200. The lowest BCUT2D eigenvalue weighted by Crippen LogP contribution is -2.47. The fourth-order valence-corrected chi connectivity index (χ4v) is 3.31. The van der Waals surface area contributed by atoms with E-state index in [0.717, 1.165) is 24.3 Å². The second-order valence-electron chi connectivity index (χ2n) is 7.79. The first kappa shape index (κ1) is 22.3. The number of carbonyl (C=O) groups excluding carboxylic acids is 2. The first-order valence-corrected chi connectivity index (χ1v) is 9.78. The van der Waals surface area contributed by atoms with Crippen LogP contribution in [0.15, 0.2) is 41.4 Å². The molecule has 1 atom stereocenters. The zero-order valence-electron chi connectivity index (χ0n) is 17.2. The number of nitrogens with two attached hydrogens (primary N) is 1. The van der Waals surface area contributed by atoms with E-state index in [2.05, 4.69) is 10.3 Å². The molecule has 6 nitrogen and oxygen atoms in total. The second-order valence-corrected chi connectivity index (χ2v) is 7.79. The van der Waals surface area contributed by atoms with Crippen LogP contribution in [-0.2, 0) is 17.9 Å². The topological polar surface area (TPSA) is 87.8 Å². The maximum absolute atomic E-state index is 14.1. The van der Waals surface area contributed by atoms with E-state index < -0.39 is 23.4 Å². The molecule has 0 aliphatic carbocycles. The Hall–Kier alpha value is -3.36. The smallest absolute Gasteiger partial charge is 0.251 e. The van der Waals surface area contributed by atoms with E-state index >= 15 is 0 Å². The Kier molecular flexibility index (Phi) is 6.62. The Morgan fingerprint density at radius 2 is 1.71 bits per heavy atom. The number of hydrogen-bond acceptors (Lipinski definition) is 4. The number of benzene rings is 2. The van der Waals surface area contributed by atoms with Crippen molar-refractivity contribution in [1.82, 2.24) is 10.2 Å². The zero-order valence-corrected chi connectivity index (χ0v) is 17.2. The molecule has 3 N–H and O–H groups in total. The van der Waals surface area contributed by atoms with Gasteiger partial charge in [0.25, 0.3) is 5.91 Å². The van der Waals surface area contributed by atoms with Gasteiger partial charge in [0.1, 0.15) is 17.5 Å². The molecule has 2 aromatic carbocycles. The van der Waals surface area contributed by atoms with Crippen molar-refractivity contribution in [2.75, 3.05) is 0 Å². The highest BCUT2D eigenvalue weighted by molar-refractivity contribution is 5.98. The number of carbonyl (C=O) groups is 2. The Morgan fingerprint density at radius 1 is 1.10 bits per heavy atom. The van der Waals surface area contributed by atoms with Crippen LogP contribution in [0, 0.1) is 23.4 Å². The lowest BCUT2D eigenvalue weighted by Gasteiger charge is -2.30. The summed E-state index contributed by atoms with van der Waals surface area (Å²) in [6, 6.07) is 6.38. The van der Waals surface area contributed by atoms with E-state index in [1.165, 1.54) is 17.0 Å². The molecule has 1 aliphatic rings. The first-order valence-electron chi connectivity index (χ1n) is 9.78. The number of rotatable bonds is 6. The van der Waals surface area contributed by atoms with Gasteiger partial charge in [0.15, 0.2) is 5.96 Å². The maximum atomic E-state index is 14.1. The Balaban J connectivity index is 1.73. The van der Waals surface area contributed by atoms with Gasteiger partial charge in [-0.3, -0.25) is 14.5 Å². The molecule has 3 rings (SSSR count). The lowest BCUT2D eigenvalue weighted by molar-refractivity contribution is -0.129. The minimum absolute atomic E-state index is 0.00639. The quantitative estimate of drug-likeness (QED) is 0.735. The molecule has 9 heteroatoms. The van der Waals surface area contributed by atoms with Gasteiger partial charge in [-0.15, -0.1) is 0 Å². The lowest BCUT2D eigenvalue weighted by atomic mass is 9.99. The van der Waals surface area contributed by atoms with E-state index in [0.29, 0.717) is 5.56 Å². The van der Waals surface area contributed by atoms with Gasteiger partial charge >= 0.3 is 0 Å². The molecule has 0 saturated heterocycles. The molecule has 0 aromatic heterocycles. The van der Waals surface area contributed by atoms with Crippen molar-refractivity contribution in [2.45, 2.75) is 39.4 Å². The van der Waals surface area contributed by atoms with Crippen LogP contribution in [-0.4, -0.2) is 28.7 Å². The number of halogens is 3. The summed E-state index contributed by atoms with van der Waals surface area (Å²) in [4.78, 5) is 30.5. The fraction of sp³-hybridized carbons (Fsp3) is 0.318. The fourth-order valence-electron chi connectivity index (χ4n) is 3.31. The van der Waals surface area contributed by atoms with Gasteiger partial charge < -0.3 is 11.1 Å². The highest BCUT2D eigenvalue weighted by atomic mass is 19.1. The molecule has 0 bridgehead atoms. The van der Waals surface area contributed by atoms with Gasteiger partial charge in [0, 0.05) is 18.2 Å². The molecule has 1 unspecified atom stereocenters. The highest BCUT2D eigenvalue weighted by Gasteiger charge is 2.29. The number of nitrogens with zero attached hydrogens (tertiary/aromatic N) is 2.